The number of hydrogen-bond donors (Lipinski definition) is 2. The number of pyridine rings is 1. The van der Waals surface area contributed by atoms with Crippen LogP contribution in [0.5, 0.6) is 0 Å². The van der Waals surface area contributed by atoms with Gasteiger partial charge in [0.05, 0.1) is 11.9 Å². The molecule has 0 aliphatic heterocycles. The molecular formula is C13H13FN4O2. The summed E-state index contributed by atoms with van der Waals surface area (Å²) in [5.74, 6) is 0.210. The van der Waals surface area contributed by atoms with E-state index in [1.54, 1.807) is 18.3 Å². The van der Waals surface area contributed by atoms with E-state index < -0.39 is 12.6 Å². The minimum atomic E-state index is -0.837. The maximum atomic E-state index is 12.3. The van der Waals surface area contributed by atoms with Crippen molar-refractivity contribution in [3.8, 4) is 0 Å². The lowest BCUT2D eigenvalue weighted by molar-refractivity contribution is 0.102. The quantitative estimate of drug-likeness (QED) is 0.876. The molecule has 1 fully saturated rings. The standard InChI is InChI=1S/C13H13FN4O2/c14-5-12-18-10(7-20-12)13(19)17-9-3-4-11(15-6-9)16-8-1-2-8/h3-4,6-8H,1-2,5H2,(H,15,16)(H,17,19). The lowest BCUT2D eigenvalue weighted by atomic mass is 10.3. The molecular weight excluding hydrogens is 263 g/mol. The molecule has 0 unspecified atom stereocenters. The van der Waals surface area contributed by atoms with E-state index in [2.05, 4.69) is 20.6 Å². The molecule has 104 valence electrons. The van der Waals surface area contributed by atoms with Crippen LogP contribution in [0.3, 0.4) is 0 Å². The van der Waals surface area contributed by atoms with Gasteiger partial charge in [0.2, 0.25) is 5.89 Å². The normalized spacial score (nSPS) is 14.1. The summed E-state index contributed by atoms with van der Waals surface area (Å²) in [6.07, 6.45) is 5.02. The minimum absolute atomic E-state index is 0.0397. The first-order valence-corrected chi connectivity index (χ1v) is 6.29. The van der Waals surface area contributed by atoms with E-state index in [-0.39, 0.29) is 11.6 Å². The second-order valence-electron chi connectivity index (χ2n) is 4.56. The Hall–Kier alpha value is -2.44. The van der Waals surface area contributed by atoms with Crippen LogP contribution in [0.25, 0.3) is 0 Å². The van der Waals surface area contributed by atoms with Crippen molar-refractivity contribution in [1.29, 1.82) is 0 Å². The monoisotopic (exact) mass is 276 g/mol. The molecule has 0 radical (unpaired) electrons. The SMILES string of the molecule is O=C(Nc1ccc(NC2CC2)nc1)c1coc(CF)n1. The second kappa shape index (κ2) is 5.28. The Morgan fingerprint density at radius 2 is 2.30 bits per heavy atom. The number of halogens is 1. The van der Waals surface area contributed by atoms with Gasteiger partial charge in [-0.05, 0) is 25.0 Å². The Labute approximate surface area is 114 Å². The van der Waals surface area contributed by atoms with E-state index in [1.807, 2.05) is 0 Å². The van der Waals surface area contributed by atoms with Crippen LogP contribution in [0.2, 0.25) is 0 Å². The number of amides is 1. The number of rotatable bonds is 5. The zero-order valence-electron chi connectivity index (χ0n) is 10.6. The zero-order valence-corrected chi connectivity index (χ0v) is 10.6. The number of nitrogens with zero attached hydrogens (tertiary/aromatic N) is 2. The van der Waals surface area contributed by atoms with Gasteiger partial charge in [0.25, 0.3) is 5.91 Å². The third-order valence-electron chi connectivity index (χ3n) is 2.85. The predicted molar refractivity (Wildman–Crippen MR) is 70.1 cm³/mol. The average molecular weight is 276 g/mol. The lowest BCUT2D eigenvalue weighted by Gasteiger charge is -2.05. The van der Waals surface area contributed by atoms with Crippen LogP contribution in [0.15, 0.2) is 29.0 Å². The first-order valence-electron chi connectivity index (χ1n) is 6.29. The molecule has 6 nitrogen and oxygen atoms in total. The van der Waals surface area contributed by atoms with Crippen molar-refractivity contribution >= 4 is 17.4 Å². The van der Waals surface area contributed by atoms with Gasteiger partial charge in [0.1, 0.15) is 12.1 Å². The Morgan fingerprint density at radius 3 is 2.90 bits per heavy atom. The van der Waals surface area contributed by atoms with Crippen LogP contribution in [0, 0.1) is 0 Å². The summed E-state index contributed by atoms with van der Waals surface area (Å²) in [6, 6.07) is 4.06. The summed E-state index contributed by atoms with van der Waals surface area (Å²) < 4.78 is 17.0. The summed E-state index contributed by atoms with van der Waals surface area (Å²) in [5, 5.41) is 5.86. The smallest absolute Gasteiger partial charge is 0.277 e. The van der Waals surface area contributed by atoms with E-state index in [0.717, 1.165) is 12.1 Å². The van der Waals surface area contributed by atoms with Crippen LogP contribution in [0.4, 0.5) is 15.9 Å². The molecule has 2 aromatic heterocycles. The summed E-state index contributed by atoms with van der Waals surface area (Å²) in [6.45, 7) is -0.837. The largest absolute Gasteiger partial charge is 0.445 e. The Morgan fingerprint density at radius 1 is 1.45 bits per heavy atom. The number of anilines is 2. The highest BCUT2D eigenvalue weighted by Gasteiger charge is 2.21. The average Bonchev–Trinajstić information content (AvgIpc) is 3.14. The van der Waals surface area contributed by atoms with Crippen molar-refractivity contribution in [2.75, 3.05) is 10.6 Å². The van der Waals surface area contributed by atoms with Gasteiger partial charge in [-0.25, -0.2) is 14.4 Å². The van der Waals surface area contributed by atoms with Crippen molar-refractivity contribution in [2.24, 2.45) is 0 Å². The van der Waals surface area contributed by atoms with Gasteiger partial charge in [-0.3, -0.25) is 4.79 Å². The number of oxazole rings is 1. The molecule has 2 aromatic rings. The minimum Gasteiger partial charge on any atom is -0.445 e. The van der Waals surface area contributed by atoms with Crippen LogP contribution in [0.1, 0.15) is 29.2 Å². The van der Waals surface area contributed by atoms with Gasteiger partial charge < -0.3 is 15.1 Å². The molecule has 7 heteroatoms. The van der Waals surface area contributed by atoms with Crippen molar-refractivity contribution < 1.29 is 13.6 Å². The van der Waals surface area contributed by atoms with Gasteiger partial charge in [0, 0.05) is 6.04 Å². The fourth-order valence-corrected chi connectivity index (χ4v) is 1.66. The summed E-state index contributed by atoms with van der Waals surface area (Å²) in [5.41, 5.74) is 0.582. The summed E-state index contributed by atoms with van der Waals surface area (Å²) in [4.78, 5) is 19.7. The Kier molecular flexibility index (Phi) is 3.32. The number of nitrogens with one attached hydrogen (secondary N) is 2. The molecule has 1 amide bonds. The van der Waals surface area contributed by atoms with Crippen molar-refractivity contribution in [3.05, 3.63) is 36.2 Å². The highest BCUT2D eigenvalue weighted by molar-refractivity contribution is 6.02. The summed E-state index contributed by atoms with van der Waals surface area (Å²) in [7, 11) is 0. The molecule has 1 saturated carbocycles. The van der Waals surface area contributed by atoms with Crippen LogP contribution in [-0.2, 0) is 6.67 Å². The predicted octanol–water partition coefficient (Wildman–Crippen LogP) is 2.37. The molecule has 0 aromatic carbocycles. The first kappa shape index (κ1) is 12.6. The number of carbonyl (C=O) groups is 1. The van der Waals surface area contributed by atoms with Crippen LogP contribution in [-0.4, -0.2) is 21.9 Å². The number of aromatic nitrogens is 2. The van der Waals surface area contributed by atoms with Gasteiger partial charge in [-0.1, -0.05) is 0 Å². The molecule has 0 atom stereocenters. The van der Waals surface area contributed by atoms with Gasteiger partial charge >= 0.3 is 0 Å². The van der Waals surface area contributed by atoms with Gasteiger partial charge in [-0.2, -0.15) is 0 Å². The maximum absolute atomic E-state index is 12.3. The van der Waals surface area contributed by atoms with E-state index in [4.69, 9.17) is 4.42 Å². The van der Waals surface area contributed by atoms with E-state index in [1.165, 1.54) is 12.8 Å². The fourth-order valence-electron chi connectivity index (χ4n) is 1.66. The zero-order chi connectivity index (χ0) is 13.9. The van der Waals surface area contributed by atoms with Crippen LogP contribution < -0.4 is 10.6 Å². The topological polar surface area (TPSA) is 80.0 Å². The Bertz CT molecular complexity index is 607. The van der Waals surface area contributed by atoms with Gasteiger partial charge in [0.15, 0.2) is 12.4 Å². The molecule has 3 rings (SSSR count). The van der Waals surface area contributed by atoms with Crippen molar-refractivity contribution in [3.63, 3.8) is 0 Å². The van der Waals surface area contributed by atoms with E-state index in [0.29, 0.717) is 11.7 Å². The second-order valence-corrected chi connectivity index (χ2v) is 4.56. The molecule has 20 heavy (non-hydrogen) atoms. The number of carbonyl (C=O) groups excluding carboxylic acids is 1. The van der Waals surface area contributed by atoms with Gasteiger partial charge in [-0.15, -0.1) is 0 Å². The number of alkyl halides is 1. The molecule has 0 bridgehead atoms. The summed E-state index contributed by atoms with van der Waals surface area (Å²) >= 11 is 0. The Balaban J connectivity index is 1.62. The maximum Gasteiger partial charge on any atom is 0.277 e. The molecule has 2 N–H and O–H groups in total. The molecule has 2 heterocycles. The fraction of sp³-hybridized carbons (Fsp3) is 0.308. The highest BCUT2D eigenvalue weighted by Crippen LogP contribution is 2.24. The van der Waals surface area contributed by atoms with Crippen molar-refractivity contribution in [2.45, 2.75) is 25.6 Å². The lowest BCUT2D eigenvalue weighted by Crippen LogP contribution is -2.13. The third-order valence-corrected chi connectivity index (χ3v) is 2.85. The third kappa shape index (κ3) is 2.93. The van der Waals surface area contributed by atoms with E-state index >= 15 is 0 Å². The molecule has 1 aliphatic carbocycles. The molecule has 1 aliphatic rings. The number of hydrogen-bond acceptors (Lipinski definition) is 5. The van der Waals surface area contributed by atoms with E-state index in [9.17, 15) is 9.18 Å². The van der Waals surface area contributed by atoms with Crippen LogP contribution >= 0.6 is 0 Å². The molecule has 0 saturated heterocycles. The molecule has 0 spiro atoms. The highest BCUT2D eigenvalue weighted by atomic mass is 19.1. The van der Waals surface area contributed by atoms with Crippen molar-refractivity contribution in [1.82, 2.24) is 9.97 Å². The first-order chi connectivity index (χ1) is 9.74.